The fourth-order valence-corrected chi connectivity index (χ4v) is 1.32. The van der Waals surface area contributed by atoms with Crippen LogP contribution in [0.5, 0.6) is 0 Å². The summed E-state index contributed by atoms with van der Waals surface area (Å²) in [6.07, 6.45) is 1.58. The normalized spacial score (nSPS) is 12.6. The molecule has 0 aromatic carbocycles. The first-order valence-corrected chi connectivity index (χ1v) is 5.38. The molecule has 1 aromatic heterocycles. The number of carbonyl (C=O) groups is 1. The molecule has 1 heterocycles. The van der Waals surface area contributed by atoms with Crippen LogP contribution in [0.15, 0.2) is 18.3 Å². The number of hydrogen-bond acceptors (Lipinski definition) is 4. The van der Waals surface area contributed by atoms with Gasteiger partial charge in [0.25, 0.3) is 0 Å². The maximum atomic E-state index is 11.8. The van der Waals surface area contributed by atoms with Gasteiger partial charge in [-0.1, -0.05) is 0 Å². The highest BCUT2D eigenvalue weighted by atomic mass is 16.6. The first-order chi connectivity index (χ1) is 7.83. The zero-order valence-electron chi connectivity index (χ0n) is 10.5. The van der Waals surface area contributed by atoms with Gasteiger partial charge in [0.15, 0.2) is 5.92 Å². The molecule has 0 amide bonds. The summed E-state index contributed by atoms with van der Waals surface area (Å²) in [5.41, 5.74) is 0.788. The van der Waals surface area contributed by atoms with E-state index in [2.05, 4.69) is 4.98 Å². The van der Waals surface area contributed by atoms with Crippen molar-refractivity contribution in [2.75, 3.05) is 0 Å². The van der Waals surface area contributed by atoms with Crippen LogP contribution < -0.4 is 0 Å². The van der Waals surface area contributed by atoms with Gasteiger partial charge in [-0.15, -0.1) is 0 Å². The van der Waals surface area contributed by atoms with Gasteiger partial charge < -0.3 is 4.74 Å². The summed E-state index contributed by atoms with van der Waals surface area (Å²) in [7, 11) is 0. The zero-order valence-corrected chi connectivity index (χ0v) is 10.5. The van der Waals surface area contributed by atoms with Crippen molar-refractivity contribution < 1.29 is 9.53 Å². The van der Waals surface area contributed by atoms with E-state index in [1.807, 2.05) is 19.1 Å². The second-order valence-electron chi connectivity index (χ2n) is 4.85. The van der Waals surface area contributed by atoms with Crippen LogP contribution in [0.1, 0.15) is 37.9 Å². The lowest BCUT2D eigenvalue weighted by Gasteiger charge is -2.21. The predicted octanol–water partition coefficient (Wildman–Crippen LogP) is 2.34. The highest BCUT2D eigenvalue weighted by Crippen LogP contribution is 2.19. The van der Waals surface area contributed by atoms with E-state index in [0.717, 1.165) is 5.56 Å². The Bertz CT molecular complexity index is 455. The third kappa shape index (κ3) is 3.87. The van der Waals surface area contributed by atoms with Crippen LogP contribution in [0.2, 0.25) is 0 Å². The van der Waals surface area contributed by atoms with Crippen molar-refractivity contribution in [3.63, 3.8) is 0 Å². The van der Waals surface area contributed by atoms with Crippen molar-refractivity contribution in [3.05, 3.63) is 29.6 Å². The van der Waals surface area contributed by atoms with Gasteiger partial charge in [0.1, 0.15) is 5.60 Å². The minimum absolute atomic E-state index is 0.432. The number of nitrogens with zero attached hydrogens (tertiary/aromatic N) is 2. The second kappa shape index (κ2) is 4.96. The minimum atomic E-state index is -0.964. The van der Waals surface area contributed by atoms with E-state index in [4.69, 9.17) is 10.00 Å². The first kappa shape index (κ1) is 13.2. The van der Waals surface area contributed by atoms with Gasteiger partial charge in [0, 0.05) is 6.20 Å². The average molecular weight is 232 g/mol. The summed E-state index contributed by atoms with van der Waals surface area (Å²) in [6, 6.07) is 5.46. The van der Waals surface area contributed by atoms with Crippen LogP contribution in [-0.2, 0) is 9.53 Å². The van der Waals surface area contributed by atoms with Crippen LogP contribution in [-0.4, -0.2) is 16.6 Å². The van der Waals surface area contributed by atoms with Crippen LogP contribution in [0.4, 0.5) is 0 Å². The summed E-state index contributed by atoms with van der Waals surface area (Å²) in [4.78, 5) is 15.9. The van der Waals surface area contributed by atoms with E-state index in [0.29, 0.717) is 5.69 Å². The molecule has 0 bridgehead atoms. The van der Waals surface area contributed by atoms with Crippen molar-refractivity contribution in [1.82, 2.24) is 4.98 Å². The highest BCUT2D eigenvalue weighted by Gasteiger charge is 2.27. The molecule has 0 aliphatic carbocycles. The summed E-state index contributed by atoms with van der Waals surface area (Å²) >= 11 is 0. The maximum absolute atomic E-state index is 11.8. The summed E-state index contributed by atoms with van der Waals surface area (Å²) < 4.78 is 5.18. The largest absolute Gasteiger partial charge is 0.459 e. The fourth-order valence-electron chi connectivity index (χ4n) is 1.32. The van der Waals surface area contributed by atoms with E-state index >= 15 is 0 Å². The molecule has 1 atom stereocenters. The number of pyridine rings is 1. The number of carbonyl (C=O) groups excluding carboxylic acids is 1. The number of hydrogen-bond donors (Lipinski definition) is 0. The molecule has 0 fully saturated rings. The number of esters is 1. The Kier molecular flexibility index (Phi) is 3.84. The van der Waals surface area contributed by atoms with Crippen LogP contribution >= 0.6 is 0 Å². The van der Waals surface area contributed by atoms with Gasteiger partial charge in [0.05, 0.1) is 11.8 Å². The summed E-state index contributed by atoms with van der Waals surface area (Å²) in [5, 5.41) is 9.05. The standard InChI is InChI=1S/C13H16N2O2/c1-9-5-6-15-11(7-9)10(8-14)12(16)17-13(2,3)4/h5-7,10H,1-4H3. The van der Waals surface area contributed by atoms with Crippen molar-refractivity contribution in [2.24, 2.45) is 0 Å². The fraction of sp³-hybridized carbons (Fsp3) is 0.462. The Labute approximate surface area is 101 Å². The molecular formula is C13H16N2O2. The Morgan fingerprint density at radius 3 is 2.65 bits per heavy atom. The topological polar surface area (TPSA) is 63.0 Å². The molecule has 0 saturated carbocycles. The van der Waals surface area contributed by atoms with E-state index < -0.39 is 17.5 Å². The summed E-state index contributed by atoms with van der Waals surface area (Å²) in [6.45, 7) is 7.18. The predicted molar refractivity (Wildman–Crippen MR) is 63.2 cm³/mol. The minimum Gasteiger partial charge on any atom is -0.459 e. The second-order valence-corrected chi connectivity index (χ2v) is 4.85. The lowest BCUT2D eigenvalue weighted by atomic mass is 10.0. The molecule has 0 aliphatic heterocycles. The molecule has 0 spiro atoms. The molecule has 0 aliphatic rings. The lowest BCUT2D eigenvalue weighted by molar-refractivity contribution is -0.155. The first-order valence-electron chi connectivity index (χ1n) is 5.38. The summed E-state index contributed by atoms with van der Waals surface area (Å²) in [5.74, 6) is -1.52. The smallest absolute Gasteiger partial charge is 0.330 e. The van der Waals surface area contributed by atoms with Gasteiger partial charge in [-0.3, -0.25) is 9.78 Å². The van der Waals surface area contributed by atoms with Crippen molar-refractivity contribution >= 4 is 5.97 Å². The van der Waals surface area contributed by atoms with Crippen molar-refractivity contribution in [1.29, 1.82) is 5.26 Å². The molecule has 17 heavy (non-hydrogen) atoms. The third-order valence-corrected chi connectivity index (χ3v) is 2.00. The zero-order chi connectivity index (χ0) is 13.1. The van der Waals surface area contributed by atoms with Crippen LogP contribution in [0.3, 0.4) is 0 Å². The average Bonchev–Trinajstić information content (AvgIpc) is 2.15. The molecule has 1 aromatic rings. The van der Waals surface area contributed by atoms with E-state index in [1.54, 1.807) is 33.0 Å². The lowest BCUT2D eigenvalue weighted by Crippen LogP contribution is -2.27. The number of rotatable bonds is 2. The molecule has 4 heteroatoms. The third-order valence-electron chi connectivity index (χ3n) is 2.00. The molecule has 4 nitrogen and oxygen atoms in total. The molecule has 0 saturated heterocycles. The maximum Gasteiger partial charge on any atom is 0.330 e. The van der Waals surface area contributed by atoms with Crippen molar-refractivity contribution in [2.45, 2.75) is 39.2 Å². The SMILES string of the molecule is Cc1ccnc(C(C#N)C(=O)OC(C)(C)C)c1. The van der Waals surface area contributed by atoms with Gasteiger partial charge in [-0.25, -0.2) is 0 Å². The number of aromatic nitrogens is 1. The van der Waals surface area contributed by atoms with E-state index in [-0.39, 0.29) is 0 Å². The monoisotopic (exact) mass is 232 g/mol. The molecule has 0 N–H and O–H groups in total. The van der Waals surface area contributed by atoms with Crippen LogP contribution in [0, 0.1) is 18.3 Å². The van der Waals surface area contributed by atoms with Gasteiger partial charge in [-0.2, -0.15) is 5.26 Å². The molecule has 1 unspecified atom stereocenters. The highest BCUT2D eigenvalue weighted by molar-refractivity contribution is 5.81. The van der Waals surface area contributed by atoms with E-state index in [1.165, 1.54) is 0 Å². The van der Waals surface area contributed by atoms with Crippen molar-refractivity contribution in [3.8, 4) is 6.07 Å². The number of nitriles is 1. The Hall–Kier alpha value is -1.89. The number of ether oxygens (including phenoxy) is 1. The molecule has 0 radical (unpaired) electrons. The van der Waals surface area contributed by atoms with Gasteiger partial charge >= 0.3 is 5.97 Å². The quantitative estimate of drug-likeness (QED) is 0.734. The van der Waals surface area contributed by atoms with E-state index in [9.17, 15) is 4.79 Å². The molecule has 90 valence electrons. The van der Waals surface area contributed by atoms with Gasteiger partial charge in [0.2, 0.25) is 0 Å². The Morgan fingerprint density at radius 2 is 2.18 bits per heavy atom. The van der Waals surface area contributed by atoms with Gasteiger partial charge in [-0.05, 0) is 45.4 Å². The molecular weight excluding hydrogens is 216 g/mol. The molecule has 1 rings (SSSR count). The Balaban J connectivity index is 2.94. The number of aryl methyl sites for hydroxylation is 1. The van der Waals surface area contributed by atoms with Crippen LogP contribution in [0.25, 0.3) is 0 Å². The Morgan fingerprint density at radius 1 is 1.53 bits per heavy atom.